The Balaban J connectivity index is 2.37. The molecule has 6 nitrogen and oxygen atoms in total. The van der Waals surface area contributed by atoms with Gasteiger partial charge >= 0.3 is 0 Å². The van der Waals surface area contributed by atoms with Crippen LogP contribution in [0.5, 0.6) is 0 Å². The van der Waals surface area contributed by atoms with Crippen molar-refractivity contribution in [3.05, 3.63) is 11.3 Å². The zero-order chi connectivity index (χ0) is 12.4. The van der Waals surface area contributed by atoms with E-state index < -0.39 is 0 Å². The number of amides is 1. The molecule has 1 fully saturated rings. The summed E-state index contributed by atoms with van der Waals surface area (Å²) in [5, 5.41) is 24.2. The van der Waals surface area contributed by atoms with Crippen LogP contribution in [0.1, 0.15) is 17.7 Å². The van der Waals surface area contributed by atoms with Gasteiger partial charge in [0.2, 0.25) is 5.91 Å². The molecule has 1 aliphatic heterocycles. The number of rotatable bonds is 2. The van der Waals surface area contributed by atoms with Gasteiger partial charge in [0.1, 0.15) is 11.6 Å². The lowest BCUT2D eigenvalue weighted by atomic mass is 10.2. The van der Waals surface area contributed by atoms with E-state index in [1.54, 1.807) is 0 Å². The van der Waals surface area contributed by atoms with Crippen molar-refractivity contribution < 1.29 is 4.79 Å². The molecule has 1 N–H and O–H groups in total. The normalized spacial score (nSPS) is 19.1. The predicted octanol–water partition coefficient (Wildman–Crippen LogP) is 0.383. The third kappa shape index (κ3) is 1.97. The first-order valence-electron chi connectivity index (χ1n) is 5.00. The molecule has 0 aliphatic carbocycles. The third-order valence-electron chi connectivity index (χ3n) is 2.55. The van der Waals surface area contributed by atoms with Gasteiger partial charge in [-0.15, -0.1) is 0 Å². The number of nitrogens with zero attached hydrogens (tertiary/aromatic N) is 4. The van der Waals surface area contributed by atoms with Gasteiger partial charge in [0.25, 0.3) is 0 Å². The van der Waals surface area contributed by atoms with E-state index in [9.17, 15) is 4.79 Å². The highest BCUT2D eigenvalue weighted by molar-refractivity contribution is 7.81. The summed E-state index contributed by atoms with van der Waals surface area (Å²) in [6.07, 6.45) is 0.413. The minimum atomic E-state index is -0.100. The maximum atomic E-state index is 11.7. The van der Waals surface area contributed by atoms with Crippen LogP contribution in [0.25, 0.3) is 0 Å². The first kappa shape index (κ1) is 11.5. The van der Waals surface area contributed by atoms with Crippen LogP contribution in [-0.4, -0.2) is 27.9 Å². The Hall–Kier alpha value is -1.99. The summed E-state index contributed by atoms with van der Waals surface area (Å²) in [6.45, 7) is 0.438. The average molecular weight is 247 g/mol. The van der Waals surface area contributed by atoms with Crippen molar-refractivity contribution in [2.24, 2.45) is 0 Å². The Labute approximate surface area is 103 Å². The van der Waals surface area contributed by atoms with E-state index >= 15 is 0 Å². The first-order valence-corrected chi connectivity index (χ1v) is 5.51. The Kier molecular flexibility index (Phi) is 3.03. The molecule has 2 heterocycles. The number of hydrogen-bond acceptors (Lipinski definition) is 5. The van der Waals surface area contributed by atoms with Crippen LogP contribution in [0, 0.1) is 22.7 Å². The van der Waals surface area contributed by atoms with E-state index in [2.05, 4.69) is 22.8 Å². The Morgan fingerprint density at radius 2 is 2.35 bits per heavy atom. The van der Waals surface area contributed by atoms with E-state index in [0.717, 1.165) is 0 Å². The van der Waals surface area contributed by atoms with Crippen LogP contribution in [-0.2, 0) is 11.2 Å². The summed E-state index contributed by atoms with van der Waals surface area (Å²) in [7, 11) is 0. The van der Waals surface area contributed by atoms with Crippen LogP contribution in [0.3, 0.4) is 0 Å². The molecule has 2 rings (SSSR count). The summed E-state index contributed by atoms with van der Waals surface area (Å²) in [5.74, 6) is 0.204. The van der Waals surface area contributed by atoms with Crippen LogP contribution < -0.4 is 4.90 Å². The summed E-state index contributed by atoms with van der Waals surface area (Å²) < 4.78 is 0. The second-order valence-electron chi connectivity index (χ2n) is 3.71. The van der Waals surface area contributed by atoms with Gasteiger partial charge in [-0.25, -0.2) is 0 Å². The van der Waals surface area contributed by atoms with Crippen LogP contribution in [0.2, 0.25) is 0 Å². The Bertz CT molecular complexity index is 538. The predicted molar refractivity (Wildman–Crippen MR) is 62.4 cm³/mol. The second kappa shape index (κ2) is 4.48. The van der Waals surface area contributed by atoms with Crippen molar-refractivity contribution in [1.82, 2.24) is 10.2 Å². The molecule has 1 aliphatic rings. The summed E-state index contributed by atoms with van der Waals surface area (Å²) in [5.41, 5.74) is 0.711. The van der Waals surface area contributed by atoms with E-state index in [4.69, 9.17) is 10.5 Å². The van der Waals surface area contributed by atoms with Gasteiger partial charge in [0, 0.05) is 18.2 Å². The zero-order valence-electron chi connectivity index (χ0n) is 8.84. The molecule has 1 aromatic rings. The molecule has 17 heavy (non-hydrogen) atoms. The monoisotopic (exact) mass is 247 g/mol. The SMILES string of the molecule is N#CCc1[nH]nc(N2CC(S)CC2=O)c1C#N. The van der Waals surface area contributed by atoms with Crippen molar-refractivity contribution in [3.63, 3.8) is 0 Å². The minimum absolute atomic E-state index is 0.0369. The molecule has 1 unspecified atom stereocenters. The molecule has 1 atom stereocenters. The van der Waals surface area contributed by atoms with Crippen molar-refractivity contribution in [3.8, 4) is 12.1 Å². The lowest BCUT2D eigenvalue weighted by Crippen LogP contribution is -2.25. The van der Waals surface area contributed by atoms with Gasteiger partial charge in [-0.2, -0.15) is 28.3 Å². The van der Waals surface area contributed by atoms with Gasteiger partial charge in [-0.05, 0) is 0 Å². The van der Waals surface area contributed by atoms with E-state index in [0.29, 0.717) is 24.5 Å². The van der Waals surface area contributed by atoms with Crippen LogP contribution in [0.4, 0.5) is 5.82 Å². The third-order valence-corrected chi connectivity index (χ3v) is 2.90. The number of nitrogens with one attached hydrogen (secondary N) is 1. The van der Waals surface area contributed by atoms with Gasteiger partial charge in [-0.3, -0.25) is 14.8 Å². The Morgan fingerprint density at radius 3 is 2.88 bits per heavy atom. The van der Waals surface area contributed by atoms with Crippen molar-refractivity contribution in [2.75, 3.05) is 11.4 Å². The van der Waals surface area contributed by atoms with Gasteiger partial charge in [-0.1, -0.05) is 0 Å². The summed E-state index contributed by atoms with van der Waals surface area (Å²) in [6, 6.07) is 3.92. The first-order chi connectivity index (χ1) is 8.17. The average Bonchev–Trinajstić information content (AvgIpc) is 2.82. The fourth-order valence-corrected chi connectivity index (χ4v) is 2.10. The number of carbonyl (C=O) groups is 1. The number of aromatic nitrogens is 2. The zero-order valence-corrected chi connectivity index (χ0v) is 9.74. The number of carbonyl (C=O) groups excluding carboxylic acids is 1. The van der Waals surface area contributed by atoms with Crippen LogP contribution >= 0.6 is 12.6 Å². The van der Waals surface area contributed by atoms with E-state index in [-0.39, 0.29) is 23.1 Å². The maximum absolute atomic E-state index is 11.7. The molecule has 0 saturated carbocycles. The lowest BCUT2D eigenvalue weighted by Gasteiger charge is -2.12. The quantitative estimate of drug-likeness (QED) is 0.738. The van der Waals surface area contributed by atoms with Crippen LogP contribution in [0.15, 0.2) is 0 Å². The number of thiol groups is 1. The molecule has 86 valence electrons. The topological polar surface area (TPSA) is 96.6 Å². The molecule has 0 radical (unpaired) electrons. The molecule has 0 spiro atoms. The highest BCUT2D eigenvalue weighted by Crippen LogP contribution is 2.26. The van der Waals surface area contributed by atoms with Gasteiger partial charge in [0.15, 0.2) is 5.82 Å². The highest BCUT2D eigenvalue weighted by atomic mass is 32.1. The largest absolute Gasteiger partial charge is 0.293 e. The molecule has 7 heteroatoms. The molecule has 1 aromatic heterocycles. The lowest BCUT2D eigenvalue weighted by molar-refractivity contribution is -0.117. The fourth-order valence-electron chi connectivity index (χ4n) is 1.78. The number of anilines is 1. The summed E-state index contributed by atoms with van der Waals surface area (Å²) in [4.78, 5) is 13.1. The maximum Gasteiger partial charge on any atom is 0.229 e. The molecule has 1 amide bonds. The highest BCUT2D eigenvalue weighted by Gasteiger charge is 2.32. The molecular formula is C10H9N5OS. The van der Waals surface area contributed by atoms with Gasteiger partial charge < -0.3 is 0 Å². The van der Waals surface area contributed by atoms with Crippen molar-refractivity contribution >= 4 is 24.4 Å². The molecule has 0 aromatic carbocycles. The number of H-pyrrole nitrogens is 1. The smallest absolute Gasteiger partial charge is 0.229 e. The molecule has 0 bridgehead atoms. The second-order valence-corrected chi connectivity index (χ2v) is 4.44. The molecular weight excluding hydrogens is 238 g/mol. The van der Waals surface area contributed by atoms with Gasteiger partial charge in [0.05, 0.1) is 18.2 Å². The standard InChI is InChI=1S/C10H9N5OS/c11-2-1-8-7(4-12)10(14-13-8)15-5-6(17)3-9(15)16/h6,17H,1,3,5H2,(H,13,14). The minimum Gasteiger partial charge on any atom is -0.293 e. The fraction of sp³-hybridized carbons (Fsp3) is 0.400. The summed E-state index contributed by atoms with van der Waals surface area (Å²) >= 11 is 4.24. The van der Waals surface area contributed by atoms with E-state index in [1.807, 2.05) is 12.1 Å². The van der Waals surface area contributed by atoms with E-state index in [1.165, 1.54) is 4.90 Å². The number of hydrogen-bond donors (Lipinski definition) is 2. The molecule has 1 saturated heterocycles. The number of aromatic amines is 1. The van der Waals surface area contributed by atoms with Crippen molar-refractivity contribution in [1.29, 1.82) is 10.5 Å². The number of nitriles is 2. The van der Waals surface area contributed by atoms with Crippen molar-refractivity contribution in [2.45, 2.75) is 18.1 Å². The Morgan fingerprint density at radius 1 is 1.59 bits per heavy atom.